The lowest BCUT2D eigenvalue weighted by Crippen LogP contribution is -2.12. The normalized spacial score (nSPS) is 12.5. The second-order valence-electron chi connectivity index (χ2n) is 6.82. The summed E-state index contributed by atoms with van der Waals surface area (Å²) in [4.78, 5) is 0. The fourth-order valence-electron chi connectivity index (χ4n) is 2.22. The third kappa shape index (κ3) is 5.52. The maximum absolute atomic E-state index is 10.3. The van der Waals surface area contributed by atoms with Crippen molar-refractivity contribution in [2.24, 2.45) is 15.9 Å². The summed E-state index contributed by atoms with van der Waals surface area (Å²) in [6, 6.07) is 13.7. The van der Waals surface area contributed by atoms with Crippen LogP contribution in [0.15, 0.2) is 52.7 Å². The highest BCUT2D eigenvalue weighted by Crippen LogP contribution is 2.35. The average Bonchev–Trinajstić information content (AvgIpc) is 2.61. The molecule has 5 nitrogen and oxygen atoms in total. The van der Waals surface area contributed by atoms with Crippen LogP contribution in [0, 0.1) is 0 Å². The maximum atomic E-state index is 10.3. The Bertz CT molecular complexity index is 797. The molecule has 0 radical (unpaired) electrons. The quantitative estimate of drug-likeness (QED) is 0.467. The first-order valence-corrected chi connectivity index (χ1v) is 9.24. The molecule has 26 heavy (non-hydrogen) atoms. The number of nitrogens with two attached hydrogens (primary N) is 1. The smallest absolute Gasteiger partial charge is 0.180 e. The van der Waals surface area contributed by atoms with Crippen molar-refractivity contribution >= 4 is 23.1 Å². The molecule has 0 aliphatic carbocycles. The fourth-order valence-corrected chi connectivity index (χ4v) is 2.84. The molecular formula is C20H25N3O2S. The number of aromatic hydroxyl groups is 1. The van der Waals surface area contributed by atoms with E-state index in [0.29, 0.717) is 16.5 Å². The molecule has 0 aromatic heterocycles. The number of nitrogens with zero attached hydrogens (tertiary/aromatic N) is 2. The zero-order valence-electron chi connectivity index (χ0n) is 15.6. The van der Waals surface area contributed by atoms with Crippen LogP contribution in [0.3, 0.4) is 0 Å². The molecule has 0 aliphatic heterocycles. The molecule has 6 heteroatoms. The van der Waals surface area contributed by atoms with Gasteiger partial charge >= 0.3 is 0 Å². The van der Waals surface area contributed by atoms with E-state index in [1.165, 1.54) is 30.6 Å². The summed E-state index contributed by atoms with van der Waals surface area (Å²) in [5, 5.41) is 18.7. The lowest BCUT2D eigenvalue weighted by molar-refractivity contribution is 0.371. The van der Waals surface area contributed by atoms with Crippen molar-refractivity contribution in [1.29, 1.82) is 0 Å². The van der Waals surface area contributed by atoms with Crippen LogP contribution in [-0.2, 0) is 11.2 Å². The van der Waals surface area contributed by atoms with E-state index in [1.54, 1.807) is 0 Å². The van der Waals surface area contributed by atoms with Crippen molar-refractivity contribution in [1.82, 2.24) is 0 Å². The molecular weight excluding hydrogens is 346 g/mol. The van der Waals surface area contributed by atoms with Gasteiger partial charge in [-0.3, -0.25) is 0 Å². The van der Waals surface area contributed by atoms with Gasteiger partial charge in [-0.15, -0.1) is 5.10 Å². The van der Waals surface area contributed by atoms with Crippen molar-refractivity contribution < 1.29 is 9.84 Å². The van der Waals surface area contributed by atoms with E-state index in [2.05, 4.69) is 31.0 Å². The number of rotatable bonds is 5. The van der Waals surface area contributed by atoms with Gasteiger partial charge in [-0.25, -0.2) is 0 Å². The summed E-state index contributed by atoms with van der Waals surface area (Å²) < 4.78 is 5.26. The largest absolute Gasteiger partial charge is 0.504 e. The first kappa shape index (κ1) is 19.8. The Labute approximate surface area is 159 Å². The Hall–Kier alpha value is -2.47. The SMILES string of the molecule is COc1cc(C(C)(C)C)cc(C=NN=C(N)SCc2ccccc2)c1O. The number of benzene rings is 2. The van der Waals surface area contributed by atoms with Gasteiger partial charge in [0.15, 0.2) is 16.7 Å². The Morgan fingerprint density at radius 2 is 1.92 bits per heavy atom. The summed E-state index contributed by atoms with van der Waals surface area (Å²) in [6.45, 7) is 6.28. The van der Waals surface area contributed by atoms with Crippen molar-refractivity contribution in [3.8, 4) is 11.5 Å². The predicted octanol–water partition coefficient (Wildman–Crippen LogP) is 4.28. The Morgan fingerprint density at radius 1 is 1.23 bits per heavy atom. The van der Waals surface area contributed by atoms with E-state index in [0.717, 1.165) is 11.3 Å². The maximum Gasteiger partial charge on any atom is 0.180 e. The summed E-state index contributed by atoms with van der Waals surface area (Å²) >= 11 is 1.41. The first-order chi connectivity index (χ1) is 12.3. The second-order valence-corrected chi connectivity index (χ2v) is 7.82. The lowest BCUT2D eigenvalue weighted by Gasteiger charge is -2.21. The molecule has 0 spiro atoms. The van der Waals surface area contributed by atoms with E-state index >= 15 is 0 Å². The van der Waals surface area contributed by atoms with Gasteiger partial charge in [0.1, 0.15) is 0 Å². The van der Waals surface area contributed by atoms with E-state index < -0.39 is 0 Å². The van der Waals surface area contributed by atoms with Gasteiger partial charge in [-0.1, -0.05) is 62.9 Å². The van der Waals surface area contributed by atoms with Crippen LogP contribution in [0.5, 0.6) is 11.5 Å². The molecule has 0 unspecified atom stereocenters. The standard InChI is InChI=1S/C20H25N3O2S/c1-20(2,3)16-10-15(18(24)17(11-16)25-4)12-22-23-19(21)26-13-14-8-6-5-7-9-14/h5-12,24H,13H2,1-4H3,(H2,21,23). The van der Waals surface area contributed by atoms with Crippen LogP contribution < -0.4 is 10.5 Å². The number of methoxy groups -OCH3 is 1. The molecule has 2 rings (SSSR count). The zero-order valence-corrected chi connectivity index (χ0v) is 16.4. The molecule has 0 fully saturated rings. The average molecular weight is 372 g/mol. The minimum Gasteiger partial charge on any atom is -0.504 e. The lowest BCUT2D eigenvalue weighted by atomic mass is 9.86. The first-order valence-electron chi connectivity index (χ1n) is 8.26. The molecule has 2 aromatic carbocycles. The summed E-state index contributed by atoms with van der Waals surface area (Å²) in [7, 11) is 1.53. The number of hydrogen-bond acceptors (Lipinski definition) is 5. The Morgan fingerprint density at radius 3 is 2.54 bits per heavy atom. The van der Waals surface area contributed by atoms with Gasteiger partial charge < -0.3 is 15.6 Å². The number of amidine groups is 1. The minimum atomic E-state index is -0.0859. The van der Waals surface area contributed by atoms with Gasteiger partial charge in [0.05, 0.1) is 13.3 Å². The van der Waals surface area contributed by atoms with Crippen LogP contribution in [-0.4, -0.2) is 23.6 Å². The Balaban J connectivity index is 2.13. The van der Waals surface area contributed by atoms with E-state index in [1.807, 2.05) is 42.5 Å². The van der Waals surface area contributed by atoms with E-state index in [9.17, 15) is 5.11 Å². The van der Waals surface area contributed by atoms with Crippen molar-refractivity contribution in [3.05, 3.63) is 59.2 Å². The monoisotopic (exact) mass is 371 g/mol. The highest BCUT2D eigenvalue weighted by atomic mass is 32.2. The van der Waals surface area contributed by atoms with E-state index in [-0.39, 0.29) is 11.2 Å². The van der Waals surface area contributed by atoms with Gasteiger partial charge in [0.2, 0.25) is 0 Å². The molecule has 138 valence electrons. The molecule has 0 aliphatic rings. The molecule has 0 saturated carbocycles. The molecule has 2 aromatic rings. The highest BCUT2D eigenvalue weighted by molar-refractivity contribution is 8.13. The van der Waals surface area contributed by atoms with Crippen LogP contribution in [0.4, 0.5) is 0 Å². The highest BCUT2D eigenvalue weighted by Gasteiger charge is 2.18. The molecule has 0 amide bonds. The van der Waals surface area contributed by atoms with Crippen molar-refractivity contribution in [2.45, 2.75) is 31.9 Å². The molecule has 0 atom stereocenters. The van der Waals surface area contributed by atoms with Gasteiger partial charge in [0, 0.05) is 11.3 Å². The van der Waals surface area contributed by atoms with Gasteiger partial charge in [-0.2, -0.15) is 5.10 Å². The second kappa shape index (κ2) is 8.76. The zero-order chi connectivity index (χ0) is 19.2. The van der Waals surface area contributed by atoms with Gasteiger partial charge in [-0.05, 0) is 28.7 Å². The number of phenols is 1. The summed E-state index contributed by atoms with van der Waals surface area (Å²) in [5.41, 5.74) is 8.54. The summed E-state index contributed by atoms with van der Waals surface area (Å²) in [6.07, 6.45) is 1.49. The number of ether oxygens (including phenoxy) is 1. The number of phenolic OH excluding ortho intramolecular Hbond substituents is 1. The van der Waals surface area contributed by atoms with Crippen LogP contribution in [0.25, 0.3) is 0 Å². The van der Waals surface area contributed by atoms with Crippen molar-refractivity contribution in [3.63, 3.8) is 0 Å². The van der Waals surface area contributed by atoms with Crippen LogP contribution in [0.2, 0.25) is 0 Å². The molecule has 0 saturated heterocycles. The molecule has 3 N–H and O–H groups in total. The number of thioether (sulfide) groups is 1. The predicted molar refractivity (Wildman–Crippen MR) is 110 cm³/mol. The Kier molecular flexibility index (Phi) is 6.69. The topological polar surface area (TPSA) is 80.2 Å². The molecule has 0 bridgehead atoms. The van der Waals surface area contributed by atoms with E-state index in [4.69, 9.17) is 10.5 Å². The van der Waals surface area contributed by atoms with Crippen LogP contribution >= 0.6 is 11.8 Å². The summed E-state index contributed by atoms with van der Waals surface area (Å²) in [5.74, 6) is 1.17. The third-order valence-corrected chi connectivity index (χ3v) is 4.63. The third-order valence-electron chi connectivity index (χ3n) is 3.77. The molecule has 0 heterocycles. The van der Waals surface area contributed by atoms with Crippen molar-refractivity contribution in [2.75, 3.05) is 7.11 Å². The fraction of sp³-hybridized carbons (Fsp3) is 0.300. The minimum absolute atomic E-state index is 0.0370. The number of hydrogen-bond donors (Lipinski definition) is 2. The van der Waals surface area contributed by atoms with Gasteiger partial charge in [0.25, 0.3) is 0 Å². The van der Waals surface area contributed by atoms with Crippen LogP contribution in [0.1, 0.15) is 37.5 Å².